The Morgan fingerprint density at radius 3 is 1.39 bits per heavy atom. The molecule has 0 heterocycles. The average Bonchev–Trinajstić information content (AvgIpc) is 2.50. The molecule has 0 saturated carbocycles. The molecule has 0 unspecified atom stereocenters. The molecular formula is C15H28F6NO4S2+. The molecule has 0 aliphatic rings. The molecule has 5 nitrogen and oxygen atoms in total. The summed E-state index contributed by atoms with van der Waals surface area (Å²) in [6, 6.07) is 0. The van der Waals surface area contributed by atoms with E-state index < -0.39 is 58.8 Å². The summed E-state index contributed by atoms with van der Waals surface area (Å²) in [5.74, 6) is 0. The maximum Gasteiger partial charge on any atom is 0.504 e. The smallest absolute Gasteiger partial charge is 0.298 e. The zero-order valence-corrected chi connectivity index (χ0v) is 18.0. The highest BCUT2D eigenvalue weighted by Gasteiger charge is 2.79. The van der Waals surface area contributed by atoms with Crippen molar-refractivity contribution in [2.75, 3.05) is 20.6 Å². The first-order chi connectivity index (χ1) is 12.4. The first kappa shape index (κ1) is 27.4. The van der Waals surface area contributed by atoms with Crippen molar-refractivity contribution in [2.24, 2.45) is 0 Å². The second kappa shape index (κ2) is 9.07. The van der Waals surface area contributed by atoms with Gasteiger partial charge in [0.25, 0.3) is 0 Å². The van der Waals surface area contributed by atoms with Gasteiger partial charge in [0, 0.05) is 6.42 Å². The van der Waals surface area contributed by atoms with E-state index >= 15 is 0 Å². The van der Waals surface area contributed by atoms with Gasteiger partial charge < -0.3 is 0 Å². The second-order valence-electron chi connectivity index (χ2n) is 7.18. The quantitative estimate of drug-likeness (QED) is 0.259. The van der Waals surface area contributed by atoms with Gasteiger partial charge in [0.05, 0.1) is 20.6 Å². The summed E-state index contributed by atoms with van der Waals surface area (Å²) in [6.07, 6.45) is -0.252. The van der Waals surface area contributed by atoms with Crippen molar-refractivity contribution in [3.63, 3.8) is 0 Å². The van der Waals surface area contributed by atoms with Crippen molar-refractivity contribution in [1.29, 1.82) is 0 Å². The van der Waals surface area contributed by atoms with Gasteiger partial charge in [0.15, 0.2) is 0 Å². The third kappa shape index (κ3) is 4.77. The zero-order valence-electron chi connectivity index (χ0n) is 16.3. The van der Waals surface area contributed by atoms with Crippen LogP contribution in [-0.2, 0) is 19.7 Å². The van der Waals surface area contributed by atoms with E-state index in [1.807, 2.05) is 0 Å². The number of halogens is 6. The normalized spacial score (nSPS) is 15.1. The van der Waals surface area contributed by atoms with E-state index in [4.69, 9.17) is 0 Å². The number of quaternary nitrogens is 1. The van der Waals surface area contributed by atoms with Gasteiger partial charge in [0.2, 0.25) is 0 Å². The van der Waals surface area contributed by atoms with Crippen LogP contribution in [0.2, 0.25) is 0 Å². The minimum atomic E-state index is -6.75. The van der Waals surface area contributed by atoms with Crippen LogP contribution < -0.4 is 0 Å². The van der Waals surface area contributed by atoms with Crippen LogP contribution in [0, 0.1) is 0 Å². The lowest BCUT2D eigenvalue weighted by Crippen LogP contribution is -2.72. The van der Waals surface area contributed by atoms with Gasteiger partial charge in [-0.1, -0.05) is 39.5 Å². The molecule has 0 saturated heterocycles. The molecule has 0 fully saturated rings. The van der Waals surface area contributed by atoms with E-state index in [0.717, 1.165) is 14.1 Å². The van der Waals surface area contributed by atoms with Crippen molar-refractivity contribution in [3.8, 4) is 0 Å². The fraction of sp³-hybridized carbons (Fsp3) is 1.00. The van der Waals surface area contributed by atoms with Crippen molar-refractivity contribution in [3.05, 3.63) is 0 Å². The number of unbranched alkanes of at least 4 members (excludes halogenated alkanes) is 4. The lowest BCUT2D eigenvalue weighted by atomic mass is 10.1. The van der Waals surface area contributed by atoms with Crippen molar-refractivity contribution in [1.82, 2.24) is 0 Å². The largest absolute Gasteiger partial charge is 0.504 e. The van der Waals surface area contributed by atoms with Crippen LogP contribution >= 0.6 is 0 Å². The molecule has 0 rings (SSSR count). The van der Waals surface area contributed by atoms with E-state index in [0.29, 0.717) is 19.3 Å². The van der Waals surface area contributed by atoms with Crippen LogP contribution in [0.25, 0.3) is 0 Å². The van der Waals surface area contributed by atoms with Gasteiger partial charge in [-0.25, -0.2) is 16.8 Å². The summed E-state index contributed by atoms with van der Waals surface area (Å²) >= 11 is 0. The number of hydrogen-bond donors (Lipinski definition) is 0. The number of rotatable bonds is 11. The Morgan fingerprint density at radius 1 is 0.679 bits per heavy atom. The lowest BCUT2D eigenvalue weighted by Gasteiger charge is -2.46. The Kier molecular flexibility index (Phi) is 8.89. The first-order valence-electron chi connectivity index (χ1n) is 8.82. The van der Waals surface area contributed by atoms with Crippen molar-refractivity contribution in [2.45, 2.75) is 74.0 Å². The Balaban J connectivity index is 7.06. The monoisotopic (exact) mass is 464 g/mol. The second-order valence-corrected chi connectivity index (χ2v) is 11.7. The predicted molar refractivity (Wildman–Crippen MR) is 93.3 cm³/mol. The Hall–Kier alpha value is -0.560. The Bertz CT molecular complexity index is 668. The SMILES string of the molecule is CCCCCCC([N+](C)(C)CCCC)(S(=O)(=O)C(F)(F)F)S(=O)(=O)C(F)(F)F. The van der Waals surface area contributed by atoms with Gasteiger partial charge in [-0.15, -0.1) is 0 Å². The molecule has 0 N–H and O–H groups in total. The Labute approximate surface area is 162 Å². The van der Waals surface area contributed by atoms with E-state index in [1.165, 1.54) is 0 Å². The Morgan fingerprint density at radius 2 is 1.07 bits per heavy atom. The predicted octanol–water partition coefficient (Wildman–Crippen LogP) is 4.36. The average molecular weight is 465 g/mol. The third-order valence-corrected chi connectivity index (χ3v) is 10.4. The standard InChI is InChI=1S/C15H28F6NO4S2/c1-5-7-9-10-11-13(22(3,4)12-8-6-2,27(23,24)14(16,17)18)28(25,26)15(19,20)21/h5-12H2,1-4H3/q+1. The molecule has 170 valence electrons. The topological polar surface area (TPSA) is 68.3 Å². The highest BCUT2D eigenvalue weighted by molar-refractivity contribution is 8.10. The first-order valence-corrected chi connectivity index (χ1v) is 11.8. The third-order valence-electron chi connectivity index (χ3n) is 4.79. The molecule has 0 atom stereocenters. The fourth-order valence-electron chi connectivity index (χ4n) is 3.23. The van der Waals surface area contributed by atoms with Crippen LogP contribution in [0.1, 0.15) is 58.8 Å². The summed E-state index contributed by atoms with van der Waals surface area (Å²) in [4.78, 5) is 0. The van der Waals surface area contributed by atoms with Gasteiger partial charge in [-0.3, -0.25) is 4.48 Å². The van der Waals surface area contributed by atoms with Gasteiger partial charge in [-0.05, 0) is 12.8 Å². The maximum absolute atomic E-state index is 13.4. The van der Waals surface area contributed by atoms with Gasteiger partial charge >= 0.3 is 34.9 Å². The molecule has 0 amide bonds. The van der Waals surface area contributed by atoms with E-state index in [9.17, 15) is 43.2 Å². The highest BCUT2D eigenvalue weighted by Crippen LogP contribution is 2.50. The van der Waals surface area contributed by atoms with Gasteiger partial charge in [0.1, 0.15) is 0 Å². The molecule has 0 spiro atoms. The fourth-order valence-corrected chi connectivity index (χ4v) is 7.98. The van der Waals surface area contributed by atoms with E-state index in [2.05, 4.69) is 0 Å². The molecule has 0 radical (unpaired) electrons. The van der Waals surface area contributed by atoms with E-state index in [-0.39, 0.29) is 12.8 Å². The number of hydrogen-bond acceptors (Lipinski definition) is 4. The van der Waals surface area contributed by atoms with Crippen LogP contribution in [0.5, 0.6) is 0 Å². The van der Waals surface area contributed by atoms with Crippen LogP contribution in [0.15, 0.2) is 0 Å². The zero-order chi connectivity index (χ0) is 22.7. The molecule has 0 aliphatic heterocycles. The molecular weight excluding hydrogens is 436 g/mol. The molecule has 0 aromatic carbocycles. The van der Waals surface area contributed by atoms with Gasteiger partial charge in [-0.2, -0.15) is 26.3 Å². The number of nitrogens with zero attached hydrogens (tertiary/aromatic N) is 1. The van der Waals surface area contributed by atoms with Crippen LogP contribution in [0.3, 0.4) is 0 Å². The molecule has 0 aromatic rings. The number of alkyl halides is 6. The molecule has 13 heteroatoms. The number of sulfone groups is 2. The minimum absolute atomic E-state index is 0.0461. The van der Waals surface area contributed by atoms with Crippen molar-refractivity contribution < 1.29 is 47.7 Å². The highest BCUT2D eigenvalue weighted by atomic mass is 32.3. The van der Waals surface area contributed by atoms with Crippen LogP contribution in [-0.4, -0.2) is 57.2 Å². The minimum Gasteiger partial charge on any atom is -0.298 e. The van der Waals surface area contributed by atoms with Crippen LogP contribution in [0.4, 0.5) is 26.3 Å². The summed E-state index contributed by atoms with van der Waals surface area (Å²) in [6.45, 7) is 2.84. The summed E-state index contributed by atoms with van der Waals surface area (Å²) in [5, 5.41) is 0. The maximum atomic E-state index is 13.4. The van der Waals surface area contributed by atoms with E-state index in [1.54, 1.807) is 13.8 Å². The molecule has 28 heavy (non-hydrogen) atoms. The summed E-state index contributed by atoms with van der Waals surface area (Å²) in [7, 11) is -11.9. The lowest BCUT2D eigenvalue weighted by molar-refractivity contribution is -0.912. The molecule has 0 aliphatic carbocycles. The molecule has 0 aromatic heterocycles. The summed E-state index contributed by atoms with van der Waals surface area (Å²) < 4.78 is 125. The van der Waals surface area contributed by atoms with Crippen molar-refractivity contribution >= 4 is 19.7 Å². The molecule has 0 bridgehead atoms. The summed E-state index contributed by atoms with van der Waals surface area (Å²) in [5.41, 5.74) is -12.3.